The van der Waals surface area contributed by atoms with E-state index >= 15 is 0 Å². The number of rotatable bonds is 9. The molecule has 0 atom stereocenters. The molecule has 5 nitrogen and oxygen atoms in total. The fourth-order valence-electron chi connectivity index (χ4n) is 2.65. The van der Waals surface area contributed by atoms with E-state index in [9.17, 15) is 9.18 Å². The molecule has 1 amide bonds. The lowest BCUT2D eigenvalue weighted by Gasteiger charge is -2.14. The highest BCUT2D eigenvalue weighted by Crippen LogP contribution is 2.32. The molecule has 0 saturated carbocycles. The molecule has 0 aliphatic rings. The molecule has 0 fully saturated rings. The molecule has 0 heterocycles. The van der Waals surface area contributed by atoms with Crippen LogP contribution in [0, 0.1) is 5.82 Å². The van der Waals surface area contributed by atoms with Gasteiger partial charge in [0.1, 0.15) is 12.4 Å². The normalized spacial score (nSPS) is 10.9. The summed E-state index contributed by atoms with van der Waals surface area (Å²) in [7, 11) is 1.49. The molecular weight excluding hydrogens is 474 g/mol. The Labute approximate surface area is 199 Å². The molecule has 3 rings (SSSR count). The van der Waals surface area contributed by atoms with Crippen LogP contribution in [0.15, 0.2) is 70.7 Å². The lowest BCUT2D eigenvalue weighted by molar-refractivity contribution is -0.118. The third-order valence-corrected chi connectivity index (χ3v) is 5.85. The Kier molecular flexibility index (Phi) is 8.79. The summed E-state index contributed by atoms with van der Waals surface area (Å²) < 4.78 is 25.2. The molecule has 0 spiro atoms. The molecule has 0 radical (unpaired) electrons. The number of methoxy groups -OCH3 is 1. The summed E-state index contributed by atoms with van der Waals surface area (Å²) in [6.07, 6.45) is 1.44. The van der Waals surface area contributed by atoms with E-state index in [4.69, 9.17) is 32.7 Å². The van der Waals surface area contributed by atoms with Gasteiger partial charge in [-0.15, -0.1) is 11.8 Å². The van der Waals surface area contributed by atoms with Gasteiger partial charge in [0.2, 0.25) is 5.91 Å². The van der Waals surface area contributed by atoms with Crippen LogP contribution >= 0.6 is 35.0 Å². The van der Waals surface area contributed by atoms with Gasteiger partial charge in [-0.2, -0.15) is 5.10 Å². The highest BCUT2D eigenvalue weighted by Gasteiger charge is 2.13. The first-order valence-electron chi connectivity index (χ1n) is 9.41. The monoisotopic (exact) mass is 492 g/mol. The number of amides is 1. The second kappa shape index (κ2) is 11.8. The summed E-state index contributed by atoms with van der Waals surface area (Å²) in [6.45, 7) is -0.100. The average molecular weight is 493 g/mol. The Balaban J connectivity index is 1.64. The molecule has 0 aliphatic carbocycles. The molecule has 0 bridgehead atoms. The molecule has 3 aromatic rings. The van der Waals surface area contributed by atoms with E-state index < -0.39 is 5.82 Å². The topological polar surface area (TPSA) is 59.9 Å². The highest BCUT2D eigenvalue weighted by molar-refractivity contribution is 8.00. The summed E-state index contributed by atoms with van der Waals surface area (Å²) in [6, 6.07) is 16.8. The highest BCUT2D eigenvalue weighted by atomic mass is 35.5. The lowest BCUT2D eigenvalue weighted by atomic mass is 10.2. The third kappa shape index (κ3) is 6.63. The Morgan fingerprint density at radius 3 is 2.59 bits per heavy atom. The Morgan fingerprint density at radius 1 is 1.12 bits per heavy atom. The number of carbonyl (C=O) groups excluding carboxylic acids is 1. The third-order valence-electron chi connectivity index (χ3n) is 4.23. The van der Waals surface area contributed by atoms with E-state index in [1.165, 1.54) is 37.2 Å². The number of halogens is 3. The molecule has 0 aliphatic heterocycles. The van der Waals surface area contributed by atoms with Gasteiger partial charge in [0.25, 0.3) is 0 Å². The van der Waals surface area contributed by atoms with Gasteiger partial charge in [-0.3, -0.25) is 4.79 Å². The van der Waals surface area contributed by atoms with Crippen molar-refractivity contribution in [2.24, 2.45) is 5.10 Å². The molecule has 0 unspecified atom stereocenters. The van der Waals surface area contributed by atoms with Gasteiger partial charge in [0.15, 0.2) is 11.5 Å². The zero-order chi connectivity index (χ0) is 22.9. The Hall–Kier alpha value is -2.74. The number of carbonyl (C=O) groups is 1. The number of benzene rings is 3. The molecule has 0 saturated heterocycles. The number of thioether (sulfide) groups is 1. The van der Waals surface area contributed by atoms with Crippen LogP contribution in [-0.2, 0) is 11.4 Å². The smallest absolute Gasteiger partial charge is 0.250 e. The van der Waals surface area contributed by atoms with Crippen molar-refractivity contribution in [3.63, 3.8) is 0 Å². The Morgan fingerprint density at radius 2 is 1.88 bits per heavy atom. The zero-order valence-electron chi connectivity index (χ0n) is 17.0. The molecular formula is C23H19Cl2FN2O3S. The van der Waals surface area contributed by atoms with E-state index in [1.807, 2.05) is 12.1 Å². The van der Waals surface area contributed by atoms with Crippen LogP contribution in [0.1, 0.15) is 11.1 Å². The average Bonchev–Trinajstić information content (AvgIpc) is 2.79. The zero-order valence-corrected chi connectivity index (χ0v) is 19.3. The van der Waals surface area contributed by atoms with E-state index in [0.29, 0.717) is 22.1 Å². The predicted octanol–water partition coefficient (Wildman–Crippen LogP) is 5.96. The van der Waals surface area contributed by atoms with Crippen molar-refractivity contribution >= 4 is 47.1 Å². The van der Waals surface area contributed by atoms with Crippen LogP contribution in [0.25, 0.3) is 0 Å². The van der Waals surface area contributed by atoms with Gasteiger partial charge >= 0.3 is 0 Å². The van der Waals surface area contributed by atoms with Crippen LogP contribution < -0.4 is 14.9 Å². The first kappa shape index (κ1) is 23.9. The van der Waals surface area contributed by atoms with E-state index in [2.05, 4.69) is 10.5 Å². The Bertz CT molecular complexity index is 1090. The van der Waals surface area contributed by atoms with Crippen LogP contribution in [0.5, 0.6) is 11.5 Å². The fourth-order valence-corrected chi connectivity index (χ4v) is 3.68. The van der Waals surface area contributed by atoms with Crippen LogP contribution in [0.3, 0.4) is 0 Å². The van der Waals surface area contributed by atoms with Crippen molar-refractivity contribution in [3.8, 4) is 11.5 Å². The molecule has 9 heteroatoms. The summed E-state index contributed by atoms with van der Waals surface area (Å²) in [5, 5.41) is 4.90. The number of para-hydroxylation sites is 1. The van der Waals surface area contributed by atoms with Crippen molar-refractivity contribution < 1.29 is 18.7 Å². The molecule has 32 heavy (non-hydrogen) atoms. The number of ether oxygens (including phenoxy) is 2. The van der Waals surface area contributed by atoms with Gasteiger partial charge < -0.3 is 9.47 Å². The van der Waals surface area contributed by atoms with Gasteiger partial charge in [-0.25, -0.2) is 9.82 Å². The maximum absolute atomic E-state index is 14.1. The predicted molar refractivity (Wildman–Crippen MR) is 127 cm³/mol. The summed E-state index contributed by atoms with van der Waals surface area (Å²) in [4.78, 5) is 13.0. The molecule has 0 aromatic heterocycles. The van der Waals surface area contributed by atoms with E-state index in [-0.39, 0.29) is 28.9 Å². The van der Waals surface area contributed by atoms with Crippen LogP contribution in [0.4, 0.5) is 4.39 Å². The minimum absolute atomic E-state index is 0.100. The molecule has 3 aromatic carbocycles. The van der Waals surface area contributed by atoms with Crippen molar-refractivity contribution in [3.05, 3.63) is 87.7 Å². The van der Waals surface area contributed by atoms with Crippen LogP contribution in [-0.4, -0.2) is 25.0 Å². The SMILES string of the molecule is COc1cccc(/C=N\NC(=O)CSc2ccc(Cl)cc2)c1OCc1c(F)cccc1Cl. The van der Waals surface area contributed by atoms with Gasteiger partial charge in [-0.05, 0) is 48.5 Å². The van der Waals surface area contributed by atoms with Crippen molar-refractivity contribution in [1.29, 1.82) is 0 Å². The summed E-state index contributed by atoms with van der Waals surface area (Å²) >= 11 is 13.3. The maximum atomic E-state index is 14.1. The van der Waals surface area contributed by atoms with Gasteiger partial charge in [-0.1, -0.05) is 35.3 Å². The summed E-state index contributed by atoms with van der Waals surface area (Å²) in [5.74, 6) is 0.235. The summed E-state index contributed by atoms with van der Waals surface area (Å²) in [5.41, 5.74) is 3.25. The number of nitrogens with zero attached hydrogens (tertiary/aromatic N) is 1. The largest absolute Gasteiger partial charge is 0.493 e. The van der Waals surface area contributed by atoms with Crippen molar-refractivity contribution in [2.45, 2.75) is 11.5 Å². The fraction of sp³-hybridized carbons (Fsp3) is 0.130. The standard InChI is InChI=1S/C23H19Cl2FN2O3S/c1-30-21-7-2-4-15(23(21)31-13-18-19(25)5-3-6-20(18)26)12-27-28-22(29)14-32-17-10-8-16(24)9-11-17/h2-12H,13-14H2,1H3,(H,28,29)/b27-12-. The lowest BCUT2D eigenvalue weighted by Crippen LogP contribution is -2.19. The quantitative estimate of drug-likeness (QED) is 0.227. The maximum Gasteiger partial charge on any atom is 0.250 e. The molecule has 166 valence electrons. The van der Waals surface area contributed by atoms with Gasteiger partial charge in [0, 0.05) is 21.0 Å². The van der Waals surface area contributed by atoms with E-state index in [1.54, 1.807) is 36.4 Å². The minimum Gasteiger partial charge on any atom is -0.493 e. The first-order chi connectivity index (χ1) is 15.5. The van der Waals surface area contributed by atoms with Crippen molar-refractivity contribution in [1.82, 2.24) is 5.43 Å². The van der Waals surface area contributed by atoms with Gasteiger partial charge in [0.05, 0.1) is 24.1 Å². The minimum atomic E-state index is -0.465. The first-order valence-corrected chi connectivity index (χ1v) is 11.1. The number of hydrazone groups is 1. The van der Waals surface area contributed by atoms with E-state index in [0.717, 1.165) is 4.90 Å². The number of hydrogen-bond donors (Lipinski definition) is 1. The van der Waals surface area contributed by atoms with Crippen LogP contribution in [0.2, 0.25) is 10.0 Å². The number of nitrogens with one attached hydrogen (secondary N) is 1. The molecule has 1 N–H and O–H groups in total. The van der Waals surface area contributed by atoms with Crippen molar-refractivity contribution in [2.75, 3.05) is 12.9 Å². The second-order valence-corrected chi connectivity index (χ2v) is 8.30. The number of hydrogen-bond acceptors (Lipinski definition) is 5. The second-order valence-electron chi connectivity index (χ2n) is 6.40.